The third kappa shape index (κ3) is 6.81. The Labute approximate surface area is 192 Å². The van der Waals surface area contributed by atoms with Crippen LogP contribution < -0.4 is 17.1 Å². The lowest BCUT2D eigenvalue weighted by Crippen LogP contribution is -2.58. The lowest BCUT2D eigenvalue weighted by Gasteiger charge is -2.31. The number of aromatic nitrogens is 3. The largest absolute Gasteiger partial charge is 0.459 e. The zero-order valence-electron chi connectivity index (χ0n) is 18.6. The fraction of sp³-hybridized carbons (Fsp3) is 0.722. The molecule has 1 rings (SSSR count). The van der Waals surface area contributed by atoms with E-state index in [1.807, 2.05) is 0 Å². The van der Waals surface area contributed by atoms with E-state index in [9.17, 15) is 50.3 Å². The van der Waals surface area contributed by atoms with Gasteiger partial charge in [-0.1, -0.05) is 0 Å². The summed E-state index contributed by atoms with van der Waals surface area (Å²) in [6.45, 7) is -5.94. The lowest BCUT2D eigenvalue weighted by molar-refractivity contribution is -0.325. The van der Waals surface area contributed by atoms with Crippen LogP contribution in [0, 0.1) is 0 Å². The molecule has 0 aliphatic carbocycles. The van der Waals surface area contributed by atoms with Crippen LogP contribution in [0.15, 0.2) is 14.4 Å². The highest BCUT2D eigenvalue weighted by Crippen LogP contribution is 2.45. The smallest absolute Gasteiger partial charge is 0.377 e. The summed E-state index contributed by atoms with van der Waals surface area (Å²) in [5.74, 6) is -18.8. The average Bonchev–Trinajstić information content (AvgIpc) is 2.74. The van der Waals surface area contributed by atoms with E-state index in [0.29, 0.717) is 20.8 Å². The zero-order valence-corrected chi connectivity index (χ0v) is 18.6. The molecule has 0 atom stereocenters. The highest BCUT2D eigenvalue weighted by atomic mass is 19.3. The molecule has 1 aromatic heterocycles. The number of nitrogens with zero attached hydrogens (tertiary/aromatic N) is 3. The van der Waals surface area contributed by atoms with Gasteiger partial charge < -0.3 is 14.6 Å². The molecule has 0 saturated carbocycles. The number of aliphatic hydroxyl groups is 1. The summed E-state index contributed by atoms with van der Waals surface area (Å²) >= 11 is 0. The van der Waals surface area contributed by atoms with Crippen molar-refractivity contribution in [1.29, 1.82) is 0 Å². The van der Waals surface area contributed by atoms with Gasteiger partial charge in [-0.25, -0.2) is 28.1 Å². The molecule has 0 unspecified atom stereocenters. The van der Waals surface area contributed by atoms with Gasteiger partial charge in [0.2, 0.25) is 0 Å². The molecule has 1 aromatic rings. The molecule has 1 N–H and O–H groups in total. The summed E-state index contributed by atoms with van der Waals surface area (Å²) in [5, 5.41) is 9.04. The Morgan fingerprint density at radius 2 is 1.23 bits per heavy atom. The van der Waals surface area contributed by atoms with Crippen LogP contribution in [0.2, 0.25) is 0 Å². The second-order valence-electron chi connectivity index (χ2n) is 7.31. The van der Waals surface area contributed by atoms with Gasteiger partial charge in [0.05, 0.1) is 19.6 Å². The summed E-state index contributed by atoms with van der Waals surface area (Å²) in [7, 11) is 0.585. The van der Waals surface area contributed by atoms with E-state index in [1.54, 1.807) is 0 Å². The predicted molar refractivity (Wildman–Crippen MR) is 104 cm³/mol. The molecule has 0 saturated heterocycles. The van der Waals surface area contributed by atoms with Crippen molar-refractivity contribution < 1.29 is 50.5 Å². The van der Waals surface area contributed by atoms with Gasteiger partial charge >= 0.3 is 40.8 Å². The molecule has 0 aliphatic rings. The van der Waals surface area contributed by atoms with E-state index in [1.165, 1.54) is 0 Å². The number of esters is 1. The van der Waals surface area contributed by atoms with Crippen molar-refractivity contribution in [2.75, 3.05) is 26.9 Å². The Hall–Kier alpha value is -2.95. The van der Waals surface area contributed by atoms with Gasteiger partial charge in [0.25, 0.3) is 0 Å². The summed E-state index contributed by atoms with van der Waals surface area (Å²) in [6, 6.07) is 0. The maximum atomic E-state index is 13.7. The topological polar surface area (TPSA) is 139 Å². The van der Waals surface area contributed by atoms with Crippen LogP contribution in [-0.4, -0.2) is 75.3 Å². The molecule has 200 valence electrons. The Morgan fingerprint density at radius 3 is 1.66 bits per heavy atom. The van der Waals surface area contributed by atoms with Gasteiger partial charge in [0, 0.05) is 26.6 Å². The zero-order chi connectivity index (χ0) is 27.2. The molecule has 0 spiro atoms. The fourth-order valence-corrected chi connectivity index (χ4v) is 2.70. The van der Waals surface area contributed by atoms with Crippen molar-refractivity contribution in [3.63, 3.8) is 0 Å². The van der Waals surface area contributed by atoms with Crippen molar-refractivity contribution in [3.05, 3.63) is 31.5 Å². The summed E-state index contributed by atoms with van der Waals surface area (Å²) in [5.41, 5.74) is -3.73. The van der Waals surface area contributed by atoms with E-state index >= 15 is 0 Å². The highest BCUT2D eigenvalue weighted by molar-refractivity contribution is 5.75. The molecule has 35 heavy (non-hydrogen) atoms. The molecule has 0 aromatic carbocycles. The van der Waals surface area contributed by atoms with E-state index in [4.69, 9.17) is 5.11 Å². The molecule has 0 fully saturated rings. The summed E-state index contributed by atoms with van der Waals surface area (Å²) in [6.07, 6.45) is -1.32. The fourth-order valence-electron chi connectivity index (χ4n) is 2.70. The monoisotopic (exact) mass is 523 g/mol. The number of hydrogen-bond acceptors (Lipinski definition) is 8. The van der Waals surface area contributed by atoms with Gasteiger partial charge in [0.15, 0.2) is 6.61 Å². The second kappa shape index (κ2) is 11.7. The standard InChI is InChI=1S/C18H23F6N3O8/c1-11(29)3-5-25-13(31)26(15(33)27(7-8-28)14(25)32)6-4-12(30)35-10-17(21,22)18(23,24)16(19,20)9-34-2/h28H,3-10H2,1-2H3. The number of hydrogen-bond donors (Lipinski definition) is 1. The Morgan fingerprint density at radius 1 is 0.800 bits per heavy atom. The Bertz CT molecular complexity index is 1100. The number of carbonyl (C=O) groups is 2. The molecule has 0 radical (unpaired) electrons. The second-order valence-corrected chi connectivity index (χ2v) is 7.31. The van der Waals surface area contributed by atoms with Crippen molar-refractivity contribution in [1.82, 2.24) is 13.7 Å². The quantitative estimate of drug-likeness (QED) is 0.258. The average molecular weight is 523 g/mol. The first kappa shape index (κ1) is 30.1. The number of rotatable bonds is 14. The SMILES string of the molecule is COCC(F)(F)C(F)(F)C(F)(F)COC(=O)CCn1c(=O)n(CCO)c(=O)n(CCC(C)=O)c1=O. The number of ketones is 1. The van der Waals surface area contributed by atoms with E-state index in [-0.39, 0.29) is 6.42 Å². The van der Waals surface area contributed by atoms with Crippen LogP contribution in [0.5, 0.6) is 0 Å². The first-order valence-corrected chi connectivity index (χ1v) is 9.87. The maximum Gasteiger partial charge on any atom is 0.377 e. The number of alkyl halides is 6. The van der Waals surface area contributed by atoms with Gasteiger partial charge in [-0.2, -0.15) is 26.3 Å². The summed E-state index contributed by atoms with van der Waals surface area (Å²) < 4.78 is 90.1. The predicted octanol–water partition coefficient (Wildman–Crippen LogP) is -0.371. The molecular formula is C18H23F6N3O8. The minimum atomic E-state index is -5.95. The first-order valence-electron chi connectivity index (χ1n) is 9.87. The third-order valence-corrected chi connectivity index (χ3v) is 4.59. The third-order valence-electron chi connectivity index (χ3n) is 4.59. The first-order chi connectivity index (χ1) is 16.0. The summed E-state index contributed by atoms with van der Waals surface area (Å²) in [4.78, 5) is 60.1. The molecule has 0 amide bonds. The minimum Gasteiger partial charge on any atom is -0.459 e. The molecule has 11 nitrogen and oxygen atoms in total. The molecule has 0 bridgehead atoms. The normalized spacial score (nSPS) is 12.6. The molecule has 0 aliphatic heterocycles. The number of ether oxygens (including phenoxy) is 2. The van der Waals surface area contributed by atoms with Crippen LogP contribution in [0.3, 0.4) is 0 Å². The lowest BCUT2D eigenvalue weighted by atomic mass is 10.1. The van der Waals surface area contributed by atoms with Crippen LogP contribution in [-0.2, 0) is 38.7 Å². The van der Waals surface area contributed by atoms with E-state index < -0.39 is 92.5 Å². The van der Waals surface area contributed by atoms with Crippen LogP contribution in [0.25, 0.3) is 0 Å². The molecular weight excluding hydrogens is 500 g/mol. The van der Waals surface area contributed by atoms with Crippen molar-refractivity contribution in [3.8, 4) is 0 Å². The maximum absolute atomic E-state index is 13.7. The minimum absolute atomic E-state index is 0.286. The highest BCUT2D eigenvalue weighted by Gasteiger charge is 2.71. The van der Waals surface area contributed by atoms with Crippen LogP contribution in [0.4, 0.5) is 26.3 Å². The van der Waals surface area contributed by atoms with Gasteiger partial charge in [0.1, 0.15) is 12.4 Å². The van der Waals surface area contributed by atoms with Crippen LogP contribution >= 0.6 is 0 Å². The van der Waals surface area contributed by atoms with Crippen LogP contribution in [0.1, 0.15) is 19.8 Å². The number of carbonyl (C=O) groups excluding carboxylic acids is 2. The molecule has 1 heterocycles. The van der Waals surface area contributed by atoms with Gasteiger partial charge in [-0.15, -0.1) is 0 Å². The molecule has 17 heteroatoms. The van der Waals surface area contributed by atoms with Crippen molar-refractivity contribution in [2.24, 2.45) is 0 Å². The van der Waals surface area contributed by atoms with E-state index in [2.05, 4.69) is 9.47 Å². The van der Waals surface area contributed by atoms with E-state index in [0.717, 1.165) is 6.92 Å². The van der Waals surface area contributed by atoms with Crippen molar-refractivity contribution >= 4 is 11.8 Å². The van der Waals surface area contributed by atoms with Gasteiger partial charge in [-0.05, 0) is 6.92 Å². The number of Topliss-reactive ketones (excluding diaryl/α,β-unsaturated/α-hetero) is 1. The number of aliphatic hydroxyl groups excluding tert-OH is 1. The Kier molecular flexibility index (Phi) is 10.0. The van der Waals surface area contributed by atoms with Gasteiger partial charge in [-0.3, -0.25) is 9.59 Å². The number of methoxy groups -OCH3 is 1. The number of halogens is 6. The Balaban J connectivity index is 3.08. The van der Waals surface area contributed by atoms with Crippen molar-refractivity contribution in [2.45, 2.75) is 57.2 Å².